The molecule has 1 rings (SSSR count). The molecule has 0 radical (unpaired) electrons. The Morgan fingerprint density at radius 3 is 2.20 bits per heavy atom. The number of halogens is 3. The third-order valence-electron chi connectivity index (χ3n) is 0.897. The van der Waals surface area contributed by atoms with Gasteiger partial charge in [-0.15, -0.1) is 0 Å². The van der Waals surface area contributed by atoms with E-state index in [1.54, 1.807) is 0 Å². The Morgan fingerprint density at radius 2 is 2.00 bits per heavy atom. The quantitative estimate of drug-likeness (QED) is 0.467. The van der Waals surface area contributed by atoms with Gasteiger partial charge in [0, 0.05) is 6.20 Å². The van der Waals surface area contributed by atoms with Crippen molar-refractivity contribution in [3.05, 3.63) is 12.4 Å². The van der Waals surface area contributed by atoms with Gasteiger partial charge in [-0.2, -0.15) is 5.10 Å². The molecule has 0 spiro atoms. The topological polar surface area (TPSA) is 28.7 Å². The van der Waals surface area contributed by atoms with E-state index in [1.165, 1.54) is 0 Å². The zero-order chi connectivity index (χ0) is 6.91. The van der Waals surface area contributed by atoms with E-state index in [1.807, 2.05) is 0 Å². The molecule has 2 nitrogen and oxygen atoms in total. The summed E-state index contributed by atoms with van der Waals surface area (Å²) in [6.45, 7) is -4.86. The van der Waals surface area contributed by atoms with Crippen LogP contribution in [0.1, 0.15) is 0 Å². The third-order valence-corrected chi connectivity index (χ3v) is 0.897. The molecule has 0 aromatic carbocycles. The molecule has 10 heavy (non-hydrogen) atoms. The van der Waals surface area contributed by atoms with Crippen LogP contribution in [0.5, 0.6) is 0 Å². The third kappa shape index (κ3) is 2.75. The molecule has 1 heterocycles. The summed E-state index contributed by atoms with van der Waals surface area (Å²) in [5, 5.41) is 5.24. The Labute approximate surface area is 98.1 Å². The second kappa shape index (κ2) is 3.91. The first kappa shape index (κ1) is 10.7. The van der Waals surface area contributed by atoms with Gasteiger partial charge in [-0.3, -0.25) is 5.10 Å². The van der Waals surface area contributed by atoms with Gasteiger partial charge in [-0.1, -0.05) is 5.46 Å². The summed E-state index contributed by atoms with van der Waals surface area (Å²) in [7, 11) is 0. The largest absolute Gasteiger partial charge is 1.00 e. The Kier molecular flexibility index (Phi) is 4.19. The molecule has 0 aliphatic heterocycles. The van der Waals surface area contributed by atoms with Crippen LogP contribution >= 0.6 is 0 Å². The molecule has 0 amide bonds. The van der Waals surface area contributed by atoms with E-state index in [0.717, 1.165) is 12.4 Å². The summed E-state index contributed by atoms with van der Waals surface area (Å²) >= 11 is 0. The van der Waals surface area contributed by atoms with E-state index in [0.29, 0.717) is 0 Å². The van der Waals surface area contributed by atoms with Crippen molar-refractivity contribution >= 4 is 12.4 Å². The van der Waals surface area contributed by atoms with Crippen LogP contribution in [0.25, 0.3) is 0 Å². The minimum Gasteiger partial charge on any atom is -0.445 e. The number of aromatic amines is 1. The van der Waals surface area contributed by atoms with Gasteiger partial charge in [0.2, 0.25) is 0 Å². The molecule has 0 unspecified atom stereocenters. The average molecular weight is 174 g/mol. The fourth-order valence-corrected chi connectivity index (χ4v) is 0.440. The molecule has 7 heteroatoms. The Balaban J connectivity index is 0.000000810. The molecule has 1 N–H and O–H groups in total. The standard InChI is InChI=1S/C3H3BF3N2.K/c5-4(6,7)3-1-8-9-2-3;/h1-2H,(H,8,9);/q-1;+1. The second-order valence-corrected chi connectivity index (χ2v) is 1.61. The van der Waals surface area contributed by atoms with Crippen LogP contribution in [-0.2, 0) is 0 Å². The molecule has 0 saturated carbocycles. The number of rotatable bonds is 1. The zero-order valence-electron chi connectivity index (χ0n) is 5.31. The molecule has 0 bridgehead atoms. The Morgan fingerprint density at radius 1 is 1.40 bits per heavy atom. The first-order chi connectivity index (χ1) is 4.11. The fraction of sp³-hybridized carbons (Fsp3) is 0. The van der Waals surface area contributed by atoms with Crippen LogP contribution in [0.15, 0.2) is 12.4 Å². The van der Waals surface area contributed by atoms with Crippen LogP contribution in [0.2, 0.25) is 0 Å². The van der Waals surface area contributed by atoms with Crippen LogP contribution in [0, 0.1) is 0 Å². The minimum absolute atomic E-state index is 0. The van der Waals surface area contributed by atoms with Gasteiger partial charge in [0.05, 0.1) is 0 Å². The predicted octanol–water partition coefficient (Wildman–Crippen LogP) is -2.53. The molecule has 0 atom stereocenters. The van der Waals surface area contributed by atoms with Gasteiger partial charge in [0.1, 0.15) is 0 Å². The molecular formula is C3H3BF3KN2. The van der Waals surface area contributed by atoms with Crippen molar-refractivity contribution in [2.45, 2.75) is 0 Å². The van der Waals surface area contributed by atoms with Crippen molar-refractivity contribution in [1.29, 1.82) is 0 Å². The number of aromatic nitrogens is 2. The monoisotopic (exact) mass is 174 g/mol. The molecule has 0 fully saturated rings. The molecule has 0 aliphatic carbocycles. The first-order valence-electron chi connectivity index (χ1n) is 2.29. The number of H-pyrrole nitrogens is 1. The maximum absolute atomic E-state index is 11.6. The summed E-state index contributed by atoms with van der Waals surface area (Å²) < 4.78 is 34.9. The summed E-state index contributed by atoms with van der Waals surface area (Å²) in [5.74, 6) is 0. The molecule has 1 aromatic rings. The average Bonchev–Trinajstić information content (AvgIpc) is 2.08. The van der Waals surface area contributed by atoms with Crippen molar-refractivity contribution in [2.24, 2.45) is 0 Å². The molecule has 1 aromatic heterocycles. The smallest absolute Gasteiger partial charge is 0.445 e. The molecule has 50 valence electrons. The summed E-state index contributed by atoms with van der Waals surface area (Å²) in [6.07, 6.45) is 1.60. The number of hydrogen-bond donors (Lipinski definition) is 1. The van der Waals surface area contributed by atoms with Crippen LogP contribution in [0.4, 0.5) is 12.9 Å². The van der Waals surface area contributed by atoms with Crippen LogP contribution < -0.4 is 56.8 Å². The van der Waals surface area contributed by atoms with Gasteiger partial charge in [0.15, 0.2) is 0 Å². The van der Waals surface area contributed by atoms with Gasteiger partial charge < -0.3 is 12.9 Å². The Bertz CT molecular complexity index is 184. The van der Waals surface area contributed by atoms with Crippen molar-refractivity contribution < 1.29 is 64.3 Å². The number of nitrogens with one attached hydrogen (secondary N) is 1. The molecular weight excluding hydrogens is 171 g/mol. The number of nitrogens with zero attached hydrogens (tertiary/aromatic N) is 1. The minimum atomic E-state index is -4.86. The van der Waals surface area contributed by atoms with E-state index < -0.39 is 12.4 Å². The van der Waals surface area contributed by atoms with E-state index in [2.05, 4.69) is 10.2 Å². The summed E-state index contributed by atoms with van der Waals surface area (Å²) in [5.41, 5.74) is -0.685. The summed E-state index contributed by atoms with van der Waals surface area (Å²) in [4.78, 5) is 0. The maximum Gasteiger partial charge on any atom is 1.00 e. The summed E-state index contributed by atoms with van der Waals surface area (Å²) in [6, 6.07) is 0. The van der Waals surface area contributed by atoms with Crippen molar-refractivity contribution in [2.75, 3.05) is 0 Å². The van der Waals surface area contributed by atoms with Gasteiger partial charge in [-0.25, -0.2) is 0 Å². The van der Waals surface area contributed by atoms with E-state index in [9.17, 15) is 12.9 Å². The van der Waals surface area contributed by atoms with E-state index in [-0.39, 0.29) is 51.4 Å². The maximum atomic E-state index is 11.6. The number of hydrogen-bond acceptors (Lipinski definition) is 1. The van der Waals surface area contributed by atoms with E-state index in [4.69, 9.17) is 0 Å². The normalized spacial score (nSPS) is 10.7. The fourth-order valence-electron chi connectivity index (χ4n) is 0.440. The zero-order valence-corrected chi connectivity index (χ0v) is 8.44. The first-order valence-corrected chi connectivity index (χ1v) is 2.29. The predicted molar refractivity (Wildman–Crippen MR) is 27.3 cm³/mol. The second-order valence-electron chi connectivity index (χ2n) is 1.61. The van der Waals surface area contributed by atoms with Crippen LogP contribution in [0.3, 0.4) is 0 Å². The van der Waals surface area contributed by atoms with Gasteiger partial charge in [-0.05, 0) is 6.20 Å². The Hall–Kier alpha value is 0.701. The van der Waals surface area contributed by atoms with Crippen molar-refractivity contribution in [1.82, 2.24) is 10.2 Å². The van der Waals surface area contributed by atoms with Crippen LogP contribution in [-0.4, -0.2) is 17.2 Å². The van der Waals surface area contributed by atoms with Gasteiger partial charge in [0.25, 0.3) is 0 Å². The molecule has 0 aliphatic rings. The van der Waals surface area contributed by atoms with Crippen molar-refractivity contribution in [3.8, 4) is 0 Å². The van der Waals surface area contributed by atoms with E-state index >= 15 is 0 Å². The van der Waals surface area contributed by atoms with Crippen molar-refractivity contribution in [3.63, 3.8) is 0 Å². The molecule has 0 saturated heterocycles. The van der Waals surface area contributed by atoms with Gasteiger partial charge >= 0.3 is 58.4 Å². The SMILES string of the molecule is F[B-](F)(F)c1cn[nH]c1.[K+].